The van der Waals surface area contributed by atoms with Crippen LogP contribution < -0.4 is 0 Å². The Hall–Kier alpha value is -2.63. The van der Waals surface area contributed by atoms with E-state index in [9.17, 15) is 14.4 Å². The molecule has 0 fully saturated rings. The Labute approximate surface area is 403 Å². The fourth-order valence-electron chi connectivity index (χ4n) is 8.03. The van der Waals surface area contributed by atoms with Crippen molar-refractivity contribution in [3.05, 3.63) is 48.6 Å². The normalized spacial score (nSPS) is 12.4. The van der Waals surface area contributed by atoms with Gasteiger partial charge in [-0.05, 0) is 83.5 Å². The van der Waals surface area contributed by atoms with Crippen molar-refractivity contribution in [1.82, 2.24) is 0 Å². The topological polar surface area (TPSA) is 78.9 Å². The number of ether oxygens (including phenoxy) is 3. The van der Waals surface area contributed by atoms with E-state index in [4.69, 9.17) is 14.2 Å². The van der Waals surface area contributed by atoms with Gasteiger partial charge in [-0.2, -0.15) is 0 Å². The fourth-order valence-corrected chi connectivity index (χ4v) is 8.03. The molecule has 0 aromatic carbocycles. The van der Waals surface area contributed by atoms with Gasteiger partial charge in [0.15, 0.2) is 6.10 Å². The first-order valence-electron chi connectivity index (χ1n) is 28.1. The van der Waals surface area contributed by atoms with E-state index in [0.717, 1.165) is 89.9 Å². The van der Waals surface area contributed by atoms with Crippen LogP contribution in [0.1, 0.15) is 290 Å². The van der Waals surface area contributed by atoms with Crippen LogP contribution in [-0.2, 0) is 28.6 Å². The SMILES string of the molecule is CCCCC/C=C\C/C=C\C/C=C\CCCCCCC(=O)OC[C@@H](COC(=O)CCCCCCC/C=C\CCCCCC)OC(=O)CCCCCCCCCCCCCCCCCCC. The third-order valence-electron chi connectivity index (χ3n) is 12.3. The van der Waals surface area contributed by atoms with Gasteiger partial charge in [0, 0.05) is 19.3 Å². The second-order valence-electron chi connectivity index (χ2n) is 18.8. The number of hydrogen-bond donors (Lipinski definition) is 0. The standard InChI is InChI=1S/C59H106O6/c1-4-7-10-13-16-19-22-25-27-29-31-34-37-40-43-46-49-52-58(61)64-55-56(54-63-57(60)51-48-45-42-39-36-33-24-21-18-15-12-9-6-3)65-59(62)53-50-47-44-41-38-35-32-30-28-26-23-20-17-14-11-8-5-2/h16,19,21,24-25,27,31,34,56H,4-15,17-18,20,22-23,26,28-30,32-33,35-55H2,1-3H3/b19-16-,24-21-,27-25-,34-31-/t56-/m1/s1. The Morgan fingerprint density at radius 2 is 0.554 bits per heavy atom. The van der Waals surface area contributed by atoms with Crippen LogP contribution in [0.15, 0.2) is 48.6 Å². The van der Waals surface area contributed by atoms with E-state index in [0.29, 0.717) is 19.3 Å². The van der Waals surface area contributed by atoms with Crippen LogP contribution in [0.25, 0.3) is 0 Å². The molecular weight excluding hydrogens is 805 g/mol. The van der Waals surface area contributed by atoms with E-state index in [1.165, 1.54) is 161 Å². The van der Waals surface area contributed by atoms with Gasteiger partial charge in [-0.1, -0.05) is 236 Å². The number of unbranched alkanes of at least 4 members (excludes halogenated alkanes) is 32. The number of allylic oxidation sites excluding steroid dienone is 8. The summed E-state index contributed by atoms with van der Waals surface area (Å²) in [6.45, 7) is 6.60. The molecule has 0 spiro atoms. The smallest absolute Gasteiger partial charge is 0.306 e. The van der Waals surface area contributed by atoms with Crippen molar-refractivity contribution in [3.8, 4) is 0 Å². The fraction of sp³-hybridized carbons (Fsp3) is 0.814. The predicted molar refractivity (Wildman–Crippen MR) is 279 cm³/mol. The largest absolute Gasteiger partial charge is 0.462 e. The monoisotopic (exact) mass is 911 g/mol. The lowest BCUT2D eigenvalue weighted by Crippen LogP contribution is -2.30. The first kappa shape index (κ1) is 62.4. The van der Waals surface area contributed by atoms with Gasteiger partial charge in [0.2, 0.25) is 0 Å². The van der Waals surface area contributed by atoms with Crippen molar-refractivity contribution >= 4 is 17.9 Å². The molecule has 0 aliphatic carbocycles. The summed E-state index contributed by atoms with van der Waals surface area (Å²) < 4.78 is 16.8. The molecule has 0 aliphatic heterocycles. The molecule has 0 aliphatic rings. The lowest BCUT2D eigenvalue weighted by Gasteiger charge is -2.18. The number of carbonyl (C=O) groups excluding carboxylic acids is 3. The molecule has 6 nitrogen and oxygen atoms in total. The first-order chi connectivity index (χ1) is 32.0. The summed E-state index contributed by atoms with van der Waals surface area (Å²) in [4.78, 5) is 38.1. The molecule has 0 aromatic rings. The van der Waals surface area contributed by atoms with Crippen molar-refractivity contribution in [1.29, 1.82) is 0 Å². The molecule has 0 aromatic heterocycles. The maximum Gasteiger partial charge on any atom is 0.306 e. The third-order valence-corrected chi connectivity index (χ3v) is 12.3. The molecule has 0 saturated carbocycles. The van der Waals surface area contributed by atoms with Crippen molar-refractivity contribution in [2.45, 2.75) is 297 Å². The minimum atomic E-state index is -0.783. The molecule has 378 valence electrons. The predicted octanol–water partition coefficient (Wildman–Crippen LogP) is 18.7. The van der Waals surface area contributed by atoms with Crippen molar-refractivity contribution in [2.75, 3.05) is 13.2 Å². The quantitative estimate of drug-likeness (QED) is 0.0262. The summed E-state index contributed by atoms with van der Waals surface area (Å²) in [6.07, 6.45) is 65.2. The van der Waals surface area contributed by atoms with Gasteiger partial charge in [-0.15, -0.1) is 0 Å². The van der Waals surface area contributed by atoms with Gasteiger partial charge in [-0.25, -0.2) is 0 Å². The Kier molecular flexibility index (Phi) is 51.8. The Morgan fingerprint density at radius 1 is 0.308 bits per heavy atom. The molecule has 0 rings (SSSR count). The van der Waals surface area contributed by atoms with Crippen molar-refractivity contribution < 1.29 is 28.6 Å². The summed E-state index contributed by atoms with van der Waals surface area (Å²) in [5.41, 5.74) is 0. The van der Waals surface area contributed by atoms with Crippen molar-refractivity contribution in [3.63, 3.8) is 0 Å². The van der Waals surface area contributed by atoms with E-state index in [2.05, 4.69) is 69.4 Å². The first-order valence-corrected chi connectivity index (χ1v) is 28.1. The molecule has 65 heavy (non-hydrogen) atoms. The van der Waals surface area contributed by atoms with Gasteiger partial charge in [-0.3, -0.25) is 14.4 Å². The highest BCUT2D eigenvalue weighted by molar-refractivity contribution is 5.71. The Balaban J connectivity index is 4.39. The molecule has 6 heteroatoms. The van der Waals surface area contributed by atoms with Crippen LogP contribution in [0, 0.1) is 0 Å². The second-order valence-corrected chi connectivity index (χ2v) is 18.8. The molecule has 0 bridgehead atoms. The third kappa shape index (κ3) is 52.2. The van der Waals surface area contributed by atoms with Gasteiger partial charge < -0.3 is 14.2 Å². The number of hydrogen-bond acceptors (Lipinski definition) is 6. The maximum absolute atomic E-state index is 12.8. The lowest BCUT2D eigenvalue weighted by atomic mass is 10.0. The highest BCUT2D eigenvalue weighted by atomic mass is 16.6. The summed E-state index contributed by atoms with van der Waals surface area (Å²) >= 11 is 0. The Bertz CT molecular complexity index is 1140. The van der Waals surface area contributed by atoms with Crippen LogP contribution >= 0.6 is 0 Å². The molecular formula is C59H106O6. The maximum atomic E-state index is 12.8. The van der Waals surface area contributed by atoms with E-state index >= 15 is 0 Å². The zero-order valence-electron chi connectivity index (χ0n) is 43.3. The van der Waals surface area contributed by atoms with Gasteiger partial charge in [0.1, 0.15) is 13.2 Å². The lowest BCUT2D eigenvalue weighted by molar-refractivity contribution is -0.167. The molecule has 0 N–H and O–H groups in total. The van der Waals surface area contributed by atoms with E-state index in [1.54, 1.807) is 0 Å². The zero-order chi connectivity index (χ0) is 47.2. The average Bonchev–Trinajstić information content (AvgIpc) is 3.30. The van der Waals surface area contributed by atoms with E-state index in [-0.39, 0.29) is 31.1 Å². The van der Waals surface area contributed by atoms with Crippen molar-refractivity contribution in [2.24, 2.45) is 0 Å². The summed E-state index contributed by atoms with van der Waals surface area (Å²) in [5, 5.41) is 0. The molecule has 0 unspecified atom stereocenters. The molecule has 0 amide bonds. The van der Waals surface area contributed by atoms with E-state index in [1.807, 2.05) is 0 Å². The molecule has 0 radical (unpaired) electrons. The number of esters is 3. The minimum Gasteiger partial charge on any atom is -0.462 e. The second kappa shape index (κ2) is 54.0. The summed E-state index contributed by atoms with van der Waals surface area (Å²) in [6, 6.07) is 0. The highest BCUT2D eigenvalue weighted by Crippen LogP contribution is 2.16. The van der Waals surface area contributed by atoms with Crippen LogP contribution in [0.2, 0.25) is 0 Å². The summed E-state index contributed by atoms with van der Waals surface area (Å²) in [7, 11) is 0. The van der Waals surface area contributed by atoms with Gasteiger partial charge in [0.05, 0.1) is 0 Å². The molecule has 1 atom stereocenters. The average molecular weight is 911 g/mol. The Morgan fingerprint density at radius 3 is 0.923 bits per heavy atom. The van der Waals surface area contributed by atoms with Crippen LogP contribution in [0.5, 0.6) is 0 Å². The van der Waals surface area contributed by atoms with Crippen LogP contribution in [0.3, 0.4) is 0 Å². The molecule has 0 heterocycles. The van der Waals surface area contributed by atoms with Crippen LogP contribution in [-0.4, -0.2) is 37.2 Å². The van der Waals surface area contributed by atoms with Crippen LogP contribution in [0.4, 0.5) is 0 Å². The minimum absolute atomic E-state index is 0.0822. The summed E-state index contributed by atoms with van der Waals surface area (Å²) in [5.74, 6) is -0.899. The molecule has 0 saturated heterocycles. The van der Waals surface area contributed by atoms with E-state index < -0.39 is 6.10 Å². The van der Waals surface area contributed by atoms with Gasteiger partial charge in [0.25, 0.3) is 0 Å². The number of carbonyl (C=O) groups is 3. The van der Waals surface area contributed by atoms with Gasteiger partial charge >= 0.3 is 17.9 Å². The zero-order valence-corrected chi connectivity index (χ0v) is 43.3. The number of rotatable bonds is 51. The highest BCUT2D eigenvalue weighted by Gasteiger charge is 2.19.